The lowest BCUT2D eigenvalue weighted by Crippen LogP contribution is -2.34. The lowest BCUT2D eigenvalue weighted by Gasteiger charge is -2.23. The van der Waals surface area contributed by atoms with Crippen LogP contribution < -0.4 is 10.6 Å². The zero-order valence-electron chi connectivity index (χ0n) is 14.4. The van der Waals surface area contributed by atoms with Crippen LogP contribution in [0, 0.1) is 5.41 Å². The van der Waals surface area contributed by atoms with E-state index >= 15 is 0 Å². The van der Waals surface area contributed by atoms with Crippen LogP contribution in [0.4, 0.5) is 5.69 Å². The van der Waals surface area contributed by atoms with Crippen LogP contribution in [0.5, 0.6) is 0 Å². The Morgan fingerprint density at radius 2 is 1.88 bits per heavy atom. The normalized spacial score (nSPS) is 15.8. The summed E-state index contributed by atoms with van der Waals surface area (Å²) in [7, 11) is 0. The SMILES string of the molecule is CC(C)NC(=O)c1ccc(Cl)cc1NC(=O)CC1(C(=O)O)CCCC1. The fourth-order valence-electron chi connectivity index (χ4n) is 3.18. The largest absolute Gasteiger partial charge is 0.481 e. The maximum Gasteiger partial charge on any atom is 0.310 e. The molecule has 1 fully saturated rings. The van der Waals surface area contributed by atoms with Gasteiger partial charge in [0.15, 0.2) is 0 Å². The minimum absolute atomic E-state index is 0.0551. The number of carbonyl (C=O) groups excluding carboxylic acids is 2. The Morgan fingerprint density at radius 1 is 1.24 bits per heavy atom. The van der Waals surface area contributed by atoms with Crippen molar-refractivity contribution in [3.63, 3.8) is 0 Å². The number of carbonyl (C=O) groups is 3. The third-order valence-corrected chi connectivity index (χ3v) is 4.67. The molecule has 1 aliphatic rings. The first-order valence-corrected chi connectivity index (χ1v) is 8.75. The molecule has 0 aromatic heterocycles. The Hall–Kier alpha value is -2.08. The molecular weight excluding hydrogens is 344 g/mol. The summed E-state index contributed by atoms with van der Waals surface area (Å²) in [6, 6.07) is 4.55. The Bertz CT molecular complexity index is 682. The highest BCUT2D eigenvalue weighted by Gasteiger charge is 2.43. The molecule has 1 saturated carbocycles. The molecule has 136 valence electrons. The number of aliphatic carboxylic acids is 1. The second-order valence-corrected chi connectivity index (χ2v) is 7.27. The van der Waals surface area contributed by atoms with E-state index in [-0.39, 0.29) is 24.1 Å². The molecule has 2 rings (SSSR count). The number of carboxylic acids is 1. The summed E-state index contributed by atoms with van der Waals surface area (Å²) in [6.07, 6.45) is 2.48. The molecule has 25 heavy (non-hydrogen) atoms. The molecule has 0 unspecified atom stereocenters. The van der Waals surface area contributed by atoms with Crippen LogP contribution >= 0.6 is 11.6 Å². The van der Waals surface area contributed by atoms with Gasteiger partial charge in [-0.05, 0) is 44.9 Å². The molecule has 1 aromatic carbocycles. The van der Waals surface area contributed by atoms with Gasteiger partial charge >= 0.3 is 5.97 Å². The molecule has 0 bridgehead atoms. The van der Waals surface area contributed by atoms with Crippen molar-refractivity contribution in [2.45, 2.75) is 52.0 Å². The van der Waals surface area contributed by atoms with Crippen LogP contribution in [0.1, 0.15) is 56.3 Å². The van der Waals surface area contributed by atoms with Crippen molar-refractivity contribution in [2.75, 3.05) is 5.32 Å². The quantitative estimate of drug-likeness (QED) is 0.718. The van der Waals surface area contributed by atoms with Gasteiger partial charge in [0.1, 0.15) is 0 Å². The molecule has 1 aliphatic carbocycles. The second kappa shape index (κ2) is 7.87. The van der Waals surface area contributed by atoms with Gasteiger partial charge in [0.25, 0.3) is 5.91 Å². The average molecular weight is 367 g/mol. The zero-order valence-corrected chi connectivity index (χ0v) is 15.2. The number of hydrogen-bond donors (Lipinski definition) is 3. The van der Waals surface area contributed by atoms with Gasteiger partial charge in [-0.25, -0.2) is 0 Å². The minimum Gasteiger partial charge on any atom is -0.481 e. The van der Waals surface area contributed by atoms with Crippen molar-refractivity contribution in [3.05, 3.63) is 28.8 Å². The third-order valence-electron chi connectivity index (χ3n) is 4.43. The average Bonchev–Trinajstić information content (AvgIpc) is 2.96. The van der Waals surface area contributed by atoms with E-state index in [1.54, 1.807) is 6.07 Å². The summed E-state index contributed by atoms with van der Waals surface area (Å²) in [5, 5.41) is 15.3. The van der Waals surface area contributed by atoms with E-state index in [2.05, 4.69) is 10.6 Å². The Morgan fingerprint density at radius 3 is 2.44 bits per heavy atom. The fourth-order valence-corrected chi connectivity index (χ4v) is 3.35. The molecule has 3 N–H and O–H groups in total. The number of rotatable bonds is 6. The number of hydrogen-bond acceptors (Lipinski definition) is 3. The number of nitrogens with one attached hydrogen (secondary N) is 2. The van der Waals surface area contributed by atoms with Crippen molar-refractivity contribution in [2.24, 2.45) is 5.41 Å². The third kappa shape index (κ3) is 4.72. The van der Waals surface area contributed by atoms with Gasteiger partial charge in [-0.2, -0.15) is 0 Å². The van der Waals surface area contributed by atoms with Crippen molar-refractivity contribution >= 4 is 35.1 Å². The van der Waals surface area contributed by atoms with Crippen molar-refractivity contribution in [1.82, 2.24) is 5.32 Å². The summed E-state index contributed by atoms with van der Waals surface area (Å²) < 4.78 is 0. The monoisotopic (exact) mass is 366 g/mol. The molecule has 0 aliphatic heterocycles. The number of halogens is 1. The van der Waals surface area contributed by atoms with Gasteiger partial charge in [0, 0.05) is 17.5 Å². The van der Waals surface area contributed by atoms with E-state index in [9.17, 15) is 19.5 Å². The number of anilines is 1. The molecule has 0 saturated heterocycles. The molecule has 2 amide bonds. The van der Waals surface area contributed by atoms with Crippen LogP contribution in [0.25, 0.3) is 0 Å². The fraction of sp³-hybridized carbons (Fsp3) is 0.500. The zero-order chi connectivity index (χ0) is 18.6. The van der Waals surface area contributed by atoms with E-state index in [0.717, 1.165) is 12.8 Å². The van der Waals surface area contributed by atoms with E-state index in [4.69, 9.17) is 11.6 Å². The highest BCUT2D eigenvalue weighted by Crippen LogP contribution is 2.41. The molecule has 0 heterocycles. The van der Waals surface area contributed by atoms with Gasteiger partial charge < -0.3 is 15.7 Å². The van der Waals surface area contributed by atoms with Crippen LogP contribution in [-0.4, -0.2) is 28.9 Å². The first-order chi connectivity index (χ1) is 11.7. The molecule has 0 atom stereocenters. The number of amides is 2. The molecule has 7 heteroatoms. The summed E-state index contributed by atoms with van der Waals surface area (Å²) in [4.78, 5) is 36.3. The van der Waals surface area contributed by atoms with E-state index in [0.29, 0.717) is 23.4 Å². The maximum atomic E-state index is 12.4. The van der Waals surface area contributed by atoms with Gasteiger partial charge in [0.05, 0.1) is 16.7 Å². The Balaban J connectivity index is 2.18. The standard InChI is InChI=1S/C18H23ClN2O4/c1-11(2)20-16(23)13-6-5-12(19)9-14(13)21-15(22)10-18(17(24)25)7-3-4-8-18/h5-6,9,11H,3-4,7-8,10H2,1-2H3,(H,20,23)(H,21,22)(H,24,25). The second-order valence-electron chi connectivity index (χ2n) is 6.84. The van der Waals surface area contributed by atoms with Crippen LogP contribution in [0.3, 0.4) is 0 Å². The number of carboxylic acid groups (broad SMARTS) is 1. The Kier molecular flexibility index (Phi) is 6.06. The van der Waals surface area contributed by atoms with Gasteiger partial charge in [0.2, 0.25) is 5.91 Å². The van der Waals surface area contributed by atoms with Crippen molar-refractivity contribution < 1.29 is 19.5 Å². The van der Waals surface area contributed by atoms with Crippen LogP contribution in [0.15, 0.2) is 18.2 Å². The topological polar surface area (TPSA) is 95.5 Å². The first-order valence-electron chi connectivity index (χ1n) is 8.37. The smallest absolute Gasteiger partial charge is 0.310 e. The molecule has 1 aromatic rings. The number of benzene rings is 1. The van der Waals surface area contributed by atoms with Gasteiger partial charge in [-0.3, -0.25) is 14.4 Å². The van der Waals surface area contributed by atoms with Crippen LogP contribution in [0.2, 0.25) is 5.02 Å². The maximum absolute atomic E-state index is 12.4. The molecule has 0 radical (unpaired) electrons. The summed E-state index contributed by atoms with van der Waals surface area (Å²) in [5.74, 6) is -1.69. The van der Waals surface area contributed by atoms with E-state index in [1.807, 2.05) is 13.8 Å². The lowest BCUT2D eigenvalue weighted by atomic mass is 9.82. The van der Waals surface area contributed by atoms with E-state index in [1.165, 1.54) is 12.1 Å². The summed E-state index contributed by atoms with van der Waals surface area (Å²) >= 11 is 5.98. The highest BCUT2D eigenvalue weighted by molar-refractivity contribution is 6.31. The predicted molar refractivity (Wildman–Crippen MR) is 95.8 cm³/mol. The van der Waals surface area contributed by atoms with E-state index < -0.39 is 17.3 Å². The van der Waals surface area contributed by atoms with Crippen molar-refractivity contribution in [3.8, 4) is 0 Å². The lowest BCUT2D eigenvalue weighted by molar-refractivity contribution is -0.150. The minimum atomic E-state index is -1.01. The highest BCUT2D eigenvalue weighted by atomic mass is 35.5. The predicted octanol–water partition coefficient (Wildman–Crippen LogP) is 3.45. The van der Waals surface area contributed by atoms with Crippen LogP contribution in [-0.2, 0) is 9.59 Å². The first kappa shape index (κ1) is 19.2. The van der Waals surface area contributed by atoms with Gasteiger partial charge in [-0.15, -0.1) is 0 Å². The summed E-state index contributed by atoms with van der Waals surface area (Å²) in [5.41, 5.74) is -0.431. The Labute approximate surface area is 151 Å². The van der Waals surface area contributed by atoms with Crippen molar-refractivity contribution in [1.29, 1.82) is 0 Å². The van der Waals surface area contributed by atoms with Gasteiger partial charge in [-0.1, -0.05) is 24.4 Å². The molecule has 6 nitrogen and oxygen atoms in total. The molecular formula is C18H23ClN2O4. The summed E-state index contributed by atoms with van der Waals surface area (Å²) in [6.45, 7) is 3.67. The molecule has 0 spiro atoms.